The molecule has 1 aliphatic rings. The second-order valence-electron chi connectivity index (χ2n) is 6.45. The average Bonchev–Trinajstić information content (AvgIpc) is 3.41. The zero-order valence-corrected chi connectivity index (χ0v) is 15.4. The Morgan fingerprint density at radius 3 is 2.63 bits per heavy atom. The Kier molecular flexibility index (Phi) is 5.71. The Bertz CT molecular complexity index is 892. The third-order valence-corrected chi connectivity index (χ3v) is 4.44. The van der Waals surface area contributed by atoms with Crippen molar-refractivity contribution in [1.29, 1.82) is 0 Å². The van der Waals surface area contributed by atoms with Gasteiger partial charge in [-0.15, -0.1) is 0 Å². The summed E-state index contributed by atoms with van der Waals surface area (Å²) in [5.41, 5.74) is 0.677. The van der Waals surface area contributed by atoms with Gasteiger partial charge in [0.25, 0.3) is 17.4 Å². The Morgan fingerprint density at radius 1 is 1.22 bits per heavy atom. The molecule has 0 radical (unpaired) electrons. The van der Waals surface area contributed by atoms with Crippen LogP contribution in [0.4, 0.5) is 0 Å². The number of hydrogen-bond donors (Lipinski definition) is 2. The van der Waals surface area contributed by atoms with Crippen molar-refractivity contribution in [2.45, 2.75) is 32.0 Å². The van der Waals surface area contributed by atoms with Gasteiger partial charge in [-0.25, -0.2) is 0 Å². The Labute approximate surface area is 157 Å². The largest absolute Gasteiger partial charge is 0.376 e. The summed E-state index contributed by atoms with van der Waals surface area (Å²) in [7, 11) is 1.45. The SMILES string of the molecule is CCO[C@H]1C[C@@H]1NC(=O)c1cc(C(=O)NC)c(=O)n(Cc2ccccc2)c1. The van der Waals surface area contributed by atoms with E-state index in [-0.39, 0.29) is 35.7 Å². The maximum atomic E-state index is 12.7. The second kappa shape index (κ2) is 8.18. The maximum absolute atomic E-state index is 12.7. The molecule has 7 nitrogen and oxygen atoms in total. The lowest BCUT2D eigenvalue weighted by Crippen LogP contribution is -2.35. The number of amides is 2. The highest BCUT2D eigenvalue weighted by Gasteiger charge is 2.39. The summed E-state index contributed by atoms with van der Waals surface area (Å²) in [6.07, 6.45) is 2.30. The minimum Gasteiger partial charge on any atom is -0.376 e. The van der Waals surface area contributed by atoms with Crippen molar-refractivity contribution in [1.82, 2.24) is 15.2 Å². The molecule has 7 heteroatoms. The van der Waals surface area contributed by atoms with Gasteiger partial charge in [0.1, 0.15) is 5.56 Å². The van der Waals surface area contributed by atoms with Crippen molar-refractivity contribution in [3.05, 3.63) is 69.6 Å². The van der Waals surface area contributed by atoms with Gasteiger partial charge in [-0.2, -0.15) is 0 Å². The first-order chi connectivity index (χ1) is 13.0. The van der Waals surface area contributed by atoms with Crippen LogP contribution in [0.15, 0.2) is 47.4 Å². The van der Waals surface area contributed by atoms with E-state index in [1.54, 1.807) is 0 Å². The van der Waals surface area contributed by atoms with Gasteiger partial charge >= 0.3 is 0 Å². The van der Waals surface area contributed by atoms with E-state index in [4.69, 9.17) is 4.74 Å². The molecule has 2 N–H and O–H groups in total. The molecule has 2 atom stereocenters. The van der Waals surface area contributed by atoms with Gasteiger partial charge in [0.2, 0.25) is 0 Å². The molecule has 1 aromatic heterocycles. The van der Waals surface area contributed by atoms with E-state index in [0.717, 1.165) is 12.0 Å². The zero-order valence-electron chi connectivity index (χ0n) is 15.4. The van der Waals surface area contributed by atoms with Crippen LogP contribution in [0.5, 0.6) is 0 Å². The van der Waals surface area contributed by atoms with Gasteiger partial charge in [-0.05, 0) is 25.0 Å². The number of benzene rings is 1. The number of rotatable bonds is 7. The van der Waals surface area contributed by atoms with Gasteiger partial charge in [0.05, 0.1) is 24.3 Å². The summed E-state index contributed by atoms with van der Waals surface area (Å²) in [5, 5.41) is 5.34. The maximum Gasteiger partial charge on any atom is 0.263 e. The normalized spacial score (nSPS) is 18.0. The molecule has 2 amide bonds. The Hall–Kier alpha value is -2.93. The molecule has 0 unspecified atom stereocenters. The average molecular weight is 369 g/mol. The fourth-order valence-electron chi connectivity index (χ4n) is 2.93. The first-order valence-electron chi connectivity index (χ1n) is 8.96. The van der Waals surface area contributed by atoms with E-state index in [1.165, 1.54) is 23.9 Å². The number of hydrogen-bond acceptors (Lipinski definition) is 4. The van der Waals surface area contributed by atoms with Crippen LogP contribution in [0.2, 0.25) is 0 Å². The van der Waals surface area contributed by atoms with E-state index in [0.29, 0.717) is 6.61 Å². The molecule has 1 aliphatic carbocycles. The molecule has 0 aliphatic heterocycles. The van der Waals surface area contributed by atoms with Crippen LogP contribution in [0, 0.1) is 0 Å². The number of carbonyl (C=O) groups is 2. The summed E-state index contributed by atoms with van der Waals surface area (Å²) >= 11 is 0. The van der Waals surface area contributed by atoms with Crippen LogP contribution in [0.25, 0.3) is 0 Å². The monoisotopic (exact) mass is 369 g/mol. The summed E-state index contributed by atoms with van der Waals surface area (Å²) in [6, 6.07) is 10.7. The molecular weight excluding hydrogens is 346 g/mol. The molecule has 2 aromatic rings. The highest BCUT2D eigenvalue weighted by molar-refractivity contribution is 5.99. The molecule has 1 heterocycles. The lowest BCUT2D eigenvalue weighted by molar-refractivity contribution is 0.0914. The predicted octanol–water partition coefficient (Wildman–Crippen LogP) is 1.16. The van der Waals surface area contributed by atoms with Gasteiger partial charge in [-0.3, -0.25) is 14.4 Å². The van der Waals surface area contributed by atoms with Crippen LogP contribution < -0.4 is 16.2 Å². The van der Waals surface area contributed by atoms with Crippen molar-refractivity contribution < 1.29 is 14.3 Å². The van der Waals surface area contributed by atoms with Gasteiger partial charge in [-0.1, -0.05) is 30.3 Å². The lowest BCUT2D eigenvalue weighted by Gasteiger charge is -2.12. The second-order valence-corrected chi connectivity index (χ2v) is 6.45. The first kappa shape index (κ1) is 18.8. The highest BCUT2D eigenvalue weighted by atomic mass is 16.5. The van der Waals surface area contributed by atoms with Crippen molar-refractivity contribution in [3.63, 3.8) is 0 Å². The Balaban J connectivity index is 1.89. The summed E-state index contributed by atoms with van der Waals surface area (Å²) in [5.74, 6) is -0.843. The molecule has 1 saturated carbocycles. The molecule has 1 aromatic carbocycles. The standard InChI is InChI=1S/C20H23N3O4/c1-3-27-17-10-16(17)22-18(24)14-9-15(19(25)21-2)20(26)23(12-14)11-13-7-5-4-6-8-13/h4-9,12,16-17H,3,10-11H2,1-2H3,(H,21,25)(H,22,24)/t16-,17-/m0/s1. The van der Waals surface area contributed by atoms with Crippen molar-refractivity contribution in [3.8, 4) is 0 Å². The van der Waals surface area contributed by atoms with E-state index >= 15 is 0 Å². The number of carbonyl (C=O) groups excluding carboxylic acids is 2. The molecule has 27 heavy (non-hydrogen) atoms. The number of nitrogens with one attached hydrogen (secondary N) is 2. The quantitative estimate of drug-likeness (QED) is 0.767. The van der Waals surface area contributed by atoms with Gasteiger partial charge < -0.3 is 19.9 Å². The third kappa shape index (κ3) is 4.43. The molecule has 0 bridgehead atoms. The minimum absolute atomic E-state index is 0.0320. The summed E-state index contributed by atoms with van der Waals surface area (Å²) in [4.78, 5) is 37.4. The van der Waals surface area contributed by atoms with Crippen molar-refractivity contribution in [2.24, 2.45) is 0 Å². The van der Waals surface area contributed by atoms with E-state index in [2.05, 4.69) is 10.6 Å². The smallest absolute Gasteiger partial charge is 0.263 e. The highest BCUT2D eigenvalue weighted by Crippen LogP contribution is 2.25. The summed E-state index contributed by atoms with van der Waals surface area (Å²) < 4.78 is 6.86. The van der Waals surface area contributed by atoms with Crippen LogP contribution in [-0.4, -0.2) is 42.2 Å². The molecule has 0 saturated heterocycles. The van der Waals surface area contributed by atoms with Crippen LogP contribution in [-0.2, 0) is 11.3 Å². The predicted molar refractivity (Wildman–Crippen MR) is 101 cm³/mol. The molecule has 1 fully saturated rings. The molecule has 142 valence electrons. The van der Waals surface area contributed by atoms with Crippen molar-refractivity contribution in [2.75, 3.05) is 13.7 Å². The van der Waals surface area contributed by atoms with Crippen LogP contribution in [0.3, 0.4) is 0 Å². The van der Waals surface area contributed by atoms with Crippen LogP contribution in [0.1, 0.15) is 39.6 Å². The first-order valence-corrected chi connectivity index (χ1v) is 8.96. The zero-order chi connectivity index (χ0) is 19.4. The number of pyridine rings is 1. The van der Waals surface area contributed by atoms with Gasteiger partial charge in [0.15, 0.2) is 0 Å². The molecule has 3 rings (SSSR count). The van der Waals surface area contributed by atoms with E-state index < -0.39 is 11.5 Å². The fraction of sp³-hybridized carbons (Fsp3) is 0.350. The fourth-order valence-corrected chi connectivity index (χ4v) is 2.93. The number of ether oxygens (including phenoxy) is 1. The minimum atomic E-state index is -0.518. The molecular formula is C20H23N3O4. The third-order valence-electron chi connectivity index (χ3n) is 4.44. The number of aromatic nitrogens is 1. The summed E-state index contributed by atoms with van der Waals surface area (Å²) in [6.45, 7) is 2.78. The lowest BCUT2D eigenvalue weighted by atomic mass is 10.1. The Morgan fingerprint density at radius 2 is 1.96 bits per heavy atom. The van der Waals surface area contributed by atoms with E-state index in [9.17, 15) is 14.4 Å². The van der Waals surface area contributed by atoms with Crippen molar-refractivity contribution >= 4 is 11.8 Å². The number of nitrogens with zero attached hydrogens (tertiary/aromatic N) is 1. The van der Waals surface area contributed by atoms with E-state index in [1.807, 2.05) is 37.3 Å². The topological polar surface area (TPSA) is 89.4 Å². The van der Waals surface area contributed by atoms with Crippen LogP contribution >= 0.6 is 0 Å². The van der Waals surface area contributed by atoms with Gasteiger partial charge in [0, 0.05) is 19.9 Å². The molecule has 0 spiro atoms.